The van der Waals surface area contributed by atoms with Crippen LogP contribution in [0.15, 0.2) is 24.3 Å². The predicted octanol–water partition coefficient (Wildman–Crippen LogP) is 2.67. The predicted molar refractivity (Wildman–Crippen MR) is 55.8 cm³/mol. The molecule has 0 unspecified atom stereocenters. The molecule has 1 aromatic rings. The Hall–Kier alpha value is -0.820. The van der Waals surface area contributed by atoms with Gasteiger partial charge in [-0.1, -0.05) is 31.2 Å². The molecule has 2 rings (SSSR count). The quantitative estimate of drug-likeness (QED) is 0.742. The van der Waals surface area contributed by atoms with Crippen molar-refractivity contribution in [1.82, 2.24) is 5.32 Å². The summed E-state index contributed by atoms with van der Waals surface area (Å²) < 4.78 is 0. The van der Waals surface area contributed by atoms with Crippen molar-refractivity contribution in [3.05, 3.63) is 35.4 Å². The summed E-state index contributed by atoms with van der Waals surface area (Å²) in [5.41, 5.74) is 2.92. The highest BCUT2D eigenvalue weighted by Crippen LogP contribution is 2.39. The maximum Gasteiger partial charge on any atom is 0.0205 e. The smallest absolute Gasteiger partial charge is 0.0205 e. The van der Waals surface area contributed by atoms with E-state index >= 15 is 0 Å². The van der Waals surface area contributed by atoms with Gasteiger partial charge in [0.2, 0.25) is 0 Å². The average Bonchev–Trinajstić information content (AvgIpc) is 2.99. The SMILES string of the molecule is CCNCc1ccc(C2CC2)cc1. The van der Waals surface area contributed by atoms with E-state index in [1.165, 1.54) is 24.0 Å². The monoisotopic (exact) mass is 175 g/mol. The topological polar surface area (TPSA) is 12.0 Å². The molecule has 70 valence electrons. The highest BCUT2D eigenvalue weighted by Gasteiger charge is 2.22. The first-order valence-corrected chi connectivity index (χ1v) is 5.19. The second-order valence-corrected chi connectivity index (χ2v) is 3.80. The third kappa shape index (κ3) is 2.31. The standard InChI is InChI=1S/C12H17N/c1-2-13-9-10-3-5-11(6-4-10)12-7-8-12/h3-6,12-13H,2,7-9H2,1H3. The lowest BCUT2D eigenvalue weighted by Crippen LogP contribution is -2.11. The van der Waals surface area contributed by atoms with Crippen molar-refractivity contribution in [2.75, 3.05) is 6.54 Å². The molecule has 0 bridgehead atoms. The number of rotatable bonds is 4. The summed E-state index contributed by atoms with van der Waals surface area (Å²) >= 11 is 0. The fraction of sp³-hybridized carbons (Fsp3) is 0.500. The van der Waals surface area contributed by atoms with Crippen LogP contribution in [0.5, 0.6) is 0 Å². The Balaban J connectivity index is 1.96. The van der Waals surface area contributed by atoms with E-state index in [-0.39, 0.29) is 0 Å². The molecule has 1 aliphatic carbocycles. The summed E-state index contributed by atoms with van der Waals surface area (Å²) in [6.45, 7) is 4.18. The van der Waals surface area contributed by atoms with Gasteiger partial charge in [0.15, 0.2) is 0 Å². The van der Waals surface area contributed by atoms with Crippen molar-refractivity contribution in [2.45, 2.75) is 32.2 Å². The lowest BCUT2D eigenvalue weighted by Gasteiger charge is -2.03. The van der Waals surface area contributed by atoms with Gasteiger partial charge in [-0.2, -0.15) is 0 Å². The highest BCUT2D eigenvalue weighted by atomic mass is 14.8. The van der Waals surface area contributed by atoms with Crippen molar-refractivity contribution >= 4 is 0 Å². The first-order chi connectivity index (χ1) is 6.40. The van der Waals surface area contributed by atoms with E-state index in [0.717, 1.165) is 19.0 Å². The van der Waals surface area contributed by atoms with Gasteiger partial charge in [-0.25, -0.2) is 0 Å². The van der Waals surface area contributed by atoms with E-state index < -0.39 is 0 Å². The first kappa shape index (κ1) is 8.76. The summed E-state index contributed by atoms with van der Waals surface area (Å²) in [7, 11) is 0. The molecule has 1 heteroatoms. The number of benzene rings is 1. The van der Waals surface area contributed by atoms with Crippen LogP contribution in [-0.4, -0.2) is 6.54 Å². The lowest BCUT2D eigenvalue weighted by molar-refractivity contribution is 0.726. The molecule has 0 aromatic heterocycles. The second-order valence-electron chi connectivity index (χ2n) is 3.80. The normalized spacial score (nSPS) is 16.1. The Morgan fingerprint density at radius 3 is 2.46 bits per heavy atom. The fourth-order valence-corrected chi connectivity index (χ4v) is 1.59. The Kier molecular flexibility index (Phi) is 2.65. The number of hydrogen-bond acceptors (Lipinski definition) is 1. The first-order valence-electron chi connectivity index (χ1n) is 5.19. The zero-order valence-electron chi connectivity index (χ0n) is 8.22. The van der Waals surface area contributed by atoms with Crippen LogP contribution in [-0.2, 0) is 6.54 Å². The van der Waals surface area contributed by atoms with Crippen LogP contribution in [0.3, 0.4) is 0 Å². The van der Waals surface area contributed by atoms with Crippen molar-refractivity contribution in [3.63, 3.8) is 0 Å². The van der Waals surface area contributed by atoms with Crippen molar-refractivity contribution < 1.29 is 0 Å². The molecule has 1 saturated carbocycles. The zero-order valence-corrected chi connectivity index (χ0v) is 8.22. The van der Waals surface area contributed by atoms with Gasteiger partial charge >= 0.3 is 0 Å². The summed E-state index contributed by atoms with van der Waals surface area (Å²) in [5.74, 6) is 0.883. The average molecular weight is 175 g/mol. The van der Waals surface area contributed by atoms with E-state index in [0.29, 0.717) is 0 Å². The summed E-state index contributed by atoms with van der Waals surface area (Å²) in [4.78, 5) is 0. The molecule has 0 amide bonds. The van der Waals surface area contributed by atoms with Crippen LogP contribution in [0, 0.1) is 0 Å². The molecular formula is C12H17N. The maximum absolute atomic E-state index is 3.33. The van der Waals surface area contributed by atoms with Crippen molar-refractivity contribution in [1.29, 1.82) is 0 Å². The van der Waals surface area contributed by atoms with Crippen LogP contribution in [0.1, 0.15) is 36.8 Å². The van der Waals surface area contributed by atoms with E-state index in [1.54, 1.807) is 0 Å². The van der Waals surface area contributed by atoms with E-state index in [4.69, 9.17) is 0 Å². The Morgan fingerprint density at radius 1 is 1.23 bits per heavy atom. The van der Waals surface area contributed by atoms with Crippen LogP contribution >= 0.6 is 0 Å². The largest absolute Gasteiger partial charge is 0.313 e. The zero-order chi connectivity index (χ0) is 9.10. The molecule has 0 atom stereocenters. The molecule has 1 fully saturated rings. The second kappa shape index (κ2) is 3.93. The Morgan fingerprint density at radius 2 is 1.92 bits per heavy atom. The lowest BCUT2D eigenvalue weighted by atomic mass is 10.1. The fourth-order valence-electron chi connectivity index (χ4n) is 1.59. The third-order valence-corrected chi connectivity index (χ3v) is 2.61. The minimum atomic E-state index is 0.883. The van der Waals surface area contributed by atoms with Crippen LogP contribution < -0.4 is 5.32 Å². The molecule has 1 nitrogen and oxygen atoms in total. The van der Waals surface area contributed by atoms with Crippen LogP contribution in [0.25, 0.3) is 0 Å². The van der Waals surface area contributed by atoms with Gasteiger partial charge < -0.3 is 5.32 Å². The Bertz CT molecular complexity index is 259. The maximum atomic E-state index is 3.33. The summed E-state index contributed by atoms with van der Waals surface area (Å²) in [6, 6.07) is 9.06. The van der Waals surface area contributed by atoms with Gasteiger partial charge in [0, 0.05) is 6.54 Å². The van der Waals surface area contributed by atoms with Crippen LogP contribution in [0.2, 0.25) is 0 Å². The Labute approximate surface area is 80.2 Å². The minimum Gasteiger partial charge on any atom is -0.313 e. The third-order valence-electron chi connectivity index (χ3n) is 2.61. The van der Waals surface area contributed by atoms with Gasteiger partial charge in [0.25, 0.3) is 0 Å². The highest BCUT2D eigenvalue weighted by molar-refractivity contribution is 5.27. The van der Waals surface area contributed by atoms with Gasteiger partial charge in [0.05, 0.1) is 0 Å². The van der Waals surface area contributed by atoms with Gasteiger partial charge in [0.1, 0.15) is 0 Å². The number of nitrogens with one attached hydrogen (secondary N) is 1. The molecule has 0 saturated heterocycles. The molecular weight excluding hydrogens is 158 g/mol. The number of hydrogen-bond donors (Lipinski definition) is 1. The van der Waals surface area contributed by atoms with E-state index in [2.05, 4.69) is 36.5 Å². The summed E-state index contributed by atoms with van der Waals surface area (Å²) in [5, 5.41) is 3.33. The summed E-state index contributed by atoms with van der Waals surface area (Å²) in [6.07, 6.45) is 2.79. The molecule has 1 N–H and O–H groups in total. The molecule has 0 heterocycles. The minimum absolute atomic E-state index is 0.883. The molecule has 0 radical (unpaired) electrons. The van der Waals surface area contributed by atoms with E-state index in [9.17, 15) is 0 Å². The van der Waals surface area contributed by atoms with Crippen LogP contribution in [0.4, 0.5) is 0 Å². The van der Waals surface area contributed by atoms with Gasteiger partial charge in [-0.15, -0.1) is 0 Å². The van der Waals surface area contributed by atoms with Crippen molar-refractivity contribution in [2.24, 2.45) is 0 Å². The van der Waals surface area contributed by atoms with Gasteiger partial charge in [-0.05, 0) is 36.4 Å². The molecule has 0 aliphatic heterocycles. The molecule has 13 heavy (non-hydrogen) atoms. The van der Waals surface area contributed by atoms with E-state index in [1.807, 2.05) is 0 Å². The molecule has 1 aromatic carbocycles. The van der Waals surface area contributed by atoms with Gasteiger partial charge in [-0.3, -0.25) is 0 Å². The van der Waals surface area contributed by atoms with Crippen molar-refractivity contribution in [3.8, 4) is 0 Å². The molecule has 0 spiro atoms. The molecule has 1 aliphatic rings.